The number of unbranched alkanes of at least 4 members (excludes halogenated alkanes) is 14. The van der Waals surface area contributed by atoms with Gasteiger partial charge in [-0.1, -0.05) is 96.8 Å². The second kappa shape index (κ2) is 27.1. The van der Waals surface area contributed by atoms with Gasteiger partial charge in [-0.05, 0) is 6.42 Å². The Labute approximate surface area is 263 Å². The van der Waals surface area contributed by atoms with Crippen LogP contribution >= 0.6 is 0 Å². The molecule has 1 heterocycles. The predicted octanol–water partition coefficient (Wildman–Crippen LogP) is -3.18. The van der Waals surface area contributed by atoms with E-state index in [-0.39, 0.29) is 82.2 Å². The fourth-order valence-electron chi connectivity index (χ4n) is 4.75. The smallest absolute Gasteiger partial charge is 0.870 e. The molecule has 36 heavy (non-hydrogen) atoms. The largest absolute Gasteiger partial charge is 1.00 e. The van der Waals surface area contributed by atoms with Crippen molar-refractivity contribution in [2.75, 3.05) is 39.4 Å². The molecule has 8 nitrogen and oxygen atoms in total. The topological polar surface area (TPSA) is 132 Å². The van der Waals surface area contributed by atoms with Crippen LogP contribution in [0.1, 0.15) is 110 Å². The molecule has 1 rings (SSSR count). The summed E-state index contributed by atoms with van der Waals surface area (Å²) in [4.78, 5) is 26.4. The molecule has 1 aliphatic heterocycles. The minimum atomic E-state index is -1.27. The molecule has 0 fully saturated rings. The predicted molar refractivity (Wildman–Crippen MR) is 129 cm³/mol. The second-order valence-electron chi connectivity index (χ2n) is 9.54. The van der Waals surface area contributed by atoms with Gasteiger partial charge < -0.3 is 30.0 Å². The number of carbonyl (C=O) groups is 2. The summed E-state index contributed by atoms with van der Waals surface area (Å²) >= 11 is 0. The molecule has 0 bridgehead atoms. The number of hydrogen-bond donors (Lipinski definition) is 0. The molecule has 200 valence electrons. The number of aliphatic carboxylic acids is 2. The van der Waals surface area contributed by atoms with Gasteiger partial charge in [0.25, 0.3) is 0 Å². The fraction of sp³-hybridized carbons (Fsp3) is 0.885. The molecular formula is C26H48N2Na2O6. The van der Waals surface area contributed by atoms with Gasteiger partial charge in [0.2, 0.25) is 0 Å². The summed E-state index contributed by atoms with van der Waals surface area (Å²) < 4.78 is 5.33. The van der Waals surface area contributed by atoms with E-state index < -0.39 is 18.5 Å². The monoisotopic (exact) mass is 530 g/mol. The van der Waals surface area contributed by atoms with Crippen LogP contribution in [0.15, 0.2) is 4.99 Å². The van der Waals surface area contributed by atoms with E-state index in [9.17, 15) is 19.8 Å². The Balaban J connectivity index is -0.00000363. The van der Waals surface area contributed by atoms with Gasteiger partial charge in [0, 0.05) is 6.42 Å². The quantitative estimate of drug-likeness (QED) is 0.0778. The van der Waals surface area contributed by atoms with Crippen molar-refractivity contribution in [3.8, 4) is 0 Å². The van der Waals surface area contributed by atoms with Gasteiger partial charge >= 0.3 is 59.1 Å². The third-order valence-corrected chi connectivity index (χ3v) is 6.69. The standard InChI is InChI=1S/C26H48N2O5.2Na.H2O/c1-2-3-4-5-6-7-8-9-10-11-12-13-14-15-16-17-24-27-18-19-28(24,22-25(29)30)20-21-33-23-26(31)32;;;/h2-23H2,1H3,(H-,29,30,31,32);;;1H2/q;2*+1;/p-2/t28-;;;/m0.../s1. The van der Waals surface area contributed by atoms with Gasteiger partial charge in [-0.15, -0.1) is 0 Å². The van der Waals surface area contributed by atoms with Crippen LogP contribution in [-0.2, 0) is 14.3 Å². The Hall–Kier alpha value is 0.490. The van der Waals surface area contributed by atoms with E-state index in [1.54, 1.807) is 0 Å². The summed E-state index contributed by atoms with van der Waals surface area (Å²) in [5.74, 6) is -1.48. The molecular weight excluding hydrogens is 482 g/mol. The zero-order valence-electron chi connectivity index (χ0n) is 23.4. The zero-order valence-corrected chi connectivity index (χ0v) is 27.4. The first kappa shape index (κ1) is 41.0. The van der Waals surface area contributed by atoms with Crippen LogP contribution < -0.4 is 69.3 Å². The van der Waals surface area contributed by atoms with Gasteiger partial charge in [0.15, 0.2) is 5.84 Å². The van der Waals surface area contributed by atoms with Crippen molar-refractivity contribution >= 4 is 17.8 Å². The molecule has 0 aromatic heterocycles. The van der Waals surface area contributed by atoms with E-state index in [1.165, 1.54) is 83.5 Å². The van der Waals surface area contributed by atoms with Crippen LogP contribution in [0.3, 0.4) is 0 Å². The molecule has 0 saturated carbocycles. The number of carboxylic acids is 2. The number of ether oxygens (including phenoxy) is 1. The zero-order chi connectivity index (χ0) is 24.2. The number of aliphatic imine (C=N–C) groups is 1. The molecule has 1 aliphatic rings. The van der Waals surface area contributed by atoms with E-state index in [0.29, 0.717) is 19.6 Å². The molecule has 1 N–H and O–H groups in total. The third-order valence-electron chi connectivity index (χ3n) is 6.69. The first-order chi connectivity index (χ1) is 16.0. The van der Waals surface area contributed by atoms with Gasteiger partial charge in [-0.2, -0.15) is 0 Å². The van der Waals surface area contributed by atoms with Crippen LogP contribution in [0.5, 0.6) is 0 Å². The summed E-state index contributed by atoms with van der Waals surface area (Å²) in [6, 6.07) is 0. The first-order valence-corrected chi connectivity index (χ1v) is 13.4. The maximum Gasteiger partial charge on any atom is 1.00 e. The van der Waals surface area contributed by atoms with E-state index in [4.69, 9.17) is 4.74 Å². The summed E-state index contributed by atoms with van der Waals surface area (Å²) in [7, 11) is 0. The van der Waals surface area contributed by atoms with Crippen LogP contribution in [0.4, 0.5) is 0 Å². The van der Waals surface area contributed by atoms with Crippen molar-refractivity contribution in [1.29, 1.82) is 0 Å². The Kier molecular flexibility index (Phi) is 30.8. The summed E-state index contributed by atoms with van der Waals surface area (Å²) in [5, 5.41) is 21.8. The van der Waals surface area contributed by atoms with Crippen molar-refractivity contribution < 1.29 is 93.6 Å². The maximum absolute atomic E-state index is 11.3. The molecule has 0 spiro atoms. The minimum Gasteiger partial charge on any atom is -0.870 e. The van der Waals surface area contributed by atoms with E-state index >= 15 is 0 Å². The van der Waals surface area contributed by atoms with Crippen molar-refractivity contribution in [2.24, 2.45) is 4.99 Å². The Morgan fingerprint density at radius 1 is 0.806 bits per heavy atom. The molecule has 0 aromatic rings. The summed E-state index contributed by atoms with van der Waals surface area (Å²) in [5.41, 5.74) is 0. The van der Waals surface area contributed by atoms with Crippen molar-refractivity contribution in [1.82, 2.24) is 0 Å². The Morgan fingerprint density at radius 3 is 1.72 bits per heavy atom. The van der Waals surface area contributed by atoms with Gasteiger partial charge in [-0.25, -0.2) is 4.99 Å². The number of quaternary nitrogens is 1. The maximum atomic E-state index is 11.3. The molecule has 0 aromatic carbocycles. The van der Waals surface area contributed by atoms with Crippen LogP contribution in [-0.4, -0.2) is 67.1 Å². The van der Waals surface area contributed by atoms with Crippen molar-refractivity contribution in [3.05, 3.63) is 0 Å². The SMILES string of the molecule is CCCCCCCCCCCCCCCCCC1=NCC[N@+]1(CCOCC(=O)[O-])CC(=O)[O-].[Na+].[Na+].[OH-]. The van der Waals surface area contributed by atoms with E-state index in [0.717, 1.165) is 25.1 Å². The summed E-state index contributed by atoms with van der Waals surface area (Å²) in [6.45, 7) is 3.43. The molecule has 0 amide bonds. The summed E-state index contributed by atoms with van der Waals surface area (Å²) in [6.07, 6.45) is 20.5. The number of rotatable bonds is 23. The molecule has 10 heteroatoms. The Morgan fingerprint density at radius 2 is 1.28 bits per heavy atom. The first-order valence-electron chi connectivity index (χ1n) is 13.4. The van der Waals surface area contributed by atoms with Gasteiger partial charge in [0.1, 0.15) is 19.6 Å². The third kappa shape index (κ3) is 20.5. The van der Waals surface area contributed by atoms with Crippen molar-refractivity contribution in [3.63, 3.8) is 0 Å². The average Bonchev–Trinajstić information content (AvgIpc) is 3.15. The number of hydrogen-bond acceptors (Lipinski definition) is 7. The van der Waals surface area contributed by atoms with E-state index in [2.05, 4.69) is 11.9 Å². The van der Waals surface area contributed by atoms with Crippen LogP contribution in [0.2, 0.25) is 0 Å². The second-order valence-corrected chi connectivity index (χ2v) is 9.54. The van der Waals surface area contributed by atoms with Crippen LogP contribution in [0, 0.1) is 0 Å². The molecule has 0 saturated heterocycles. The van der Waals surface area contributed by atoms with E-state index in [1.807, 2.05) is 0 Å². The number of carboxylic acid groups (broad SMARTS) is 2. The fourth-order valence-corrected chi connectivity index (χ4v) is 4.75. The normalized spacial score (nSPS) is 16.4. The van der Waals surface area contributed by atoms with Gasteiger partial charge in [0.05, 0.1) is 31.7 Å². The number of amidine groups is 1. The number of nitrogens with zero attached hydrogens (tertiary/aromatic N) is 2. The molecule has 0 aliphatic carbocycles. The van der Waals surface area contributed by atoms with Crippen molar-refractivity contribution in [2.45, 2.75) is 110 Å². The minimum absolute atomic E-state index is 0. The number of carbonyl (C=O) groups excluding carboxylic acids is 2. The molecule has 1 atom stereocenters. The van der Waals surface area contributed by atoms with Crippen LogP contribution in [0.25, 0.3) is 0 Å². The molecule has 0 unspecified atom stereocenters. The van der Waals surface area contributed by atoms with Gasteiger partial charge in [-0.3, -0.25) is 4.48 Å². The molecule has 0 radical (unpaired) electrons. The average molecular weight is 531 g/mol. The Bertz CT molecular complexity index is 581.